The molecule has 4 heteroatoms. The van der Waals surface area contributed by atoms with Gasteiger partial charge in [-0.15, -0.1) is 0 Å². The molecule has 0 aliphatic heterocycles. The number of halogens is 1. The normalized spacial score (nSPS) is 11.1. The zero-order valence-corrected chi connectivity index (χ0v) is 10.7. The van der Waals surface area contributed by atoms with E-state index in [-0.39, 0.29) is 5.82 Å². The first-order valence-corrected chi connectivity index (χ1v) is 6.32. The molecule has 2 heterocycles. The van der Waals surface area contributed by atoms with Gasteiger partial charge in [-0.05, 0) is 29.8 Å². The predicted molar refractivity (Wildman–Crippen MR) is 72.4 cm³/mol. The number of aromatic nitrogens is 3. The van der Waals surface area contributed by atoms with Crippen LogP contribution in [0.25, 0.3) is 11.2 Å². The molecule has 0 bridgehead atoms. The molecule has 3 nitrogen and oxygen atoms in total. The molecule has 0 N–H and O–H groups in total. The van der Waals surface area contributed by atoms with E-state index in [2.05, 4.69) is 21.5 Å². The van der Waals surface area contributed by atoms with E-state index in [4.69, 9.17) is 0 Å². The van der Waals surface area contributed by atoms with Crippen molar-refractivity contribution in [2.75, 3.05) is 0 Å². The van der Waals surface area contributed by atoms with Crippen LogP contribution in [0, 0.1) is 5.82 Å². The molecule has 0 aliphatic rings. The third kappa shape index (κ3) is 2.21. The highest BCUT2D eigenvalue weighted by Gasteiger charge is 2.10. The minimum atomic E-state index is -0.215. The van der Waals surface area contributed by atoms with Gasteiger partial charge in [0.05, 0.1) is 6.54 Å². The van der Waals surface area contributed by atoms with Gasteiger partial charge in [-0.25, -0.2) is 14.4 Å². The van der Waals surface area contributed by atoms with E-state index in [0.29, 0.717) is 6.54 Å². The molecule has 0 radical (unpaired) electrons. The van der Waals surface area contributed by atoms with E-state index in [1.165, 1.54) is 12.1 Å². The summed E-state index contributed by atoms with van der Waals surface area (Å²) in [6.07, 6.45) is 2.61. The van der Waals surface area contributed by atoms with Gasteiger partial charge >= 0.3 is 0 Å². The molecule has 96 valence electrons. The second kappa shape index (κ2) is 4.80. The van der Waals surface area contributed by atoms with E-state index in [0.717, 1.165) is 29.0 Å². The topological polar surface area (TPSA) is 30.7 Å². The first-order valence-electron chi connectivity index (χ1n) is 6.32. The van der Waals surface area contributed by atoms with Crippen LogP contribution in [-0.2, 0) is 13.0 Å². The fourth-order valence-electron chi connectivity index (χ4n) is 2.21. The van der Waals surface area contributed by atoms with Crippen LogP contribution in [0.4, 0.5) is 4.39 Å². The maximum absolute atomic E-state index is 12.9. The van der Waals surface area contributed by atoms with Crippen LogP contribution in [-0.4, -0.2) is 14.5 Å². The average Bonchev–Trinajstić information content (AvgIpc) is 2.79. The van der Waals surface area contributed by atoms with Crippen molar-refractivity contribution in [3.8, 4) is 0 Å². The maximum Gasteiger partial charge on any atom is 0.160 e. The van der Waals surface area contributed by atoms with Crippen molar-refractivity contribution in [3.63, 3.8) is 0 Å². The minimum Gasteiger partial charge on any atom is -0.308 e. The number of rotatable bonds is 3. The molecular formula is C15H14FN3. The minimum absolute atomic E-state index is 0.215. The highest BCUT2D eigenvalue weighted by molar-refractivity contribution is 5.71. The summed E-state index contributed by atoms with van der Waals surface area (Å²) in [5.74, 6) is 0.783. The number of aryl methyl sites for hydroxylation is 1. The zero-order chi connectivity index (χ0) is 13.2. The Morgan fingerprint density at radius 1 is 1.16 bits per heavy atom. The number of fused-ring (bicyclic) bond motifs is 1. The Morgan fingerprint density at radius 2 is 1.95 bits per heavy atom. The van der Waals surface area contributed by atoms with Gasteiger partial charge < -0.3 is 4.57 Å². The molecule has 0 saturated heterocycles. The smallest absolute Gasteiger partial charge is 0.160 e. The summed E-state index contributed by atoms with van der Waals surface area (Å²) in [6.45, 7) is 2.74. The molecule has 3 rings (SSSR count). The average molecular weight is 255 g/mol. The molecule has 0 fully saturated rings. The van der Waals surface area contributed by atoms with Crippen LogP contribution >= 0.6 is 0 Å². The molecule has 2 aromatic heterocycles. The largest absolute Gasteiger partial charge is 0.308 e. The third-order valence-electron chi connectivity index (χ3n) is 3.15. The standard InChI is InChI=1S/C15H14FN3/c1-2-14-18-13-4-3-9-17-15(13)19(14)10-11-5-7-12(16)8-6-11/h3-9H,2,10H2,1H3. The molecule has 0 saturated carbocycles. The van der Waals surface area contributed by atoms with E-state index in [9.17, 15) is 4.39 Å². The maximum atomic E-state index is 12.9. The Balaban J connectivity index is 2.06. The molecule has 0 spiro atoms. The Morgan fingerprint density at radius 3 is 2.68 bits per heavy atom. The van der Waals surface area contributed by atoms with Crippen molar-refractivity contribution in [2.24, 2.45) is 0 Å². The lowest BCUT2D eigenvalue weighted by Crippen LogP contribution is -2.05. The van der Waals surface area contributed by atoms with Crippen LogP contribution in [0.15, 0.2) is 42.6 Å². The number of benzene rings is 1. The quantitative estimate of drug-likeness (QED) is 0.719. The van der Waals surface area contributed by atoms with E-state index < -0.39 is 0 Å². The summed E-state index contributed by atoms with van der Waals surface area (Å²) in [4.78, 5) is 8.96. The molecule has 0 aliphatic carbocycles. The van der Waals surface area contributed by atoms with Crippen LogP contribution in [0.1, 0.15) is 18.3 Å². The zero-order valence-electron chi connectivity index (χ0n) is 10.7. The Bertz CT molecular complexity index is 701. The molecule has 3 aromatic rings. The lowest BCUT2D eigenvalue weighted by molar-refractivity contribution is 0.626. The summed E-state index contributed by atoms with van der Waals surface area (Å²) in [6, 6.07) is 10.4. The van der Waals surface area contributed by atoms with E-state index in [1.54, 1.807) is 18.3 Å². The van der Waals surface area contributed by atoms with Crippen molar-refractivity contribution in [3.05, 3.63) is 59.8 Å². The van der Waals surface area contributed by atoms with Gasteiger partial charge in [-0.3, -0.25) is 0 Å². The molecule has 0 amide bonds. The summed E-state index contributed by atoms with van der Waals surface area (Å²) < 4.78 is 15.0. The van der Waals surface area contributed by atoms with Crippen LogP contribution in [0.5, 0.6) is 0 Å². The summed E-state index contributed by atoms with van der Waals surface area (Å²) in [5, 5.41) is 0. The van der Waals surface area contributed by atoms with E-state index >= 15 is 0 Å². The molecule has 0 unspecified atom stereocenters. The number of pyridine rings is 1. The Kier molecular flexibility index (Phi) is 2.99. The molecule has 1 aromatic carbocycles. The molecular weight excluding hydrogens is 241 g/mol. The summed E-state index contributed by atoms with van der Waals surface area (Å²) in [5.41, 5.74) is 2.83. The Labute approximate surface area is 110 Å². The van der Waals surface area contributed by atoms with Gasteiger partial charge in [0.25, 0.3) is 0 Å². The van der Waals surface area contributed by atoms with Gasteiger partial charge in [0, 0.05) is 12.6 Å². The monoisotopic (exact) mass is 255 g/mol. The summed E-state index contributed by atoms with van der Waals surface area (Å²) >= 11 is 0. The van der Waals surface area contributed by atoms with Gasteiger partial charge in [0.15, 0.2) is 5.65 Å². The van der Waals surface area contributed by atoms with Crippen molar-refractivity contribution in [1.29, 1.82) is 0 Å². The van der Waals surface area contributed by atoms with Crippen LogP contribution in [0.2, 0.25) is 0 Å². The number of hydrogen-bond acceptors (Lipinski definition) is 2. The fraction of sp³-hybridized carbons (Fsp3) is 0.200. The lowest BCUT2D eigenvalue weighted by atomic mass is 10.2. The van der Waals surface area contributed by atoms with Crippen molar-refractivity contribution in [1.82, 2.24) is 14.5 Å². The van der Waals surface area contributed by atoms with Gasteiger partial charge in [0.2, 0.25) is 0 Å². The number of imidazole rings is 1. The lowest BCUT2D eigenvalue weighted by Gasteiger charge is -2.07. The molecule has 0 atom stereocenters. The number of nitrogens with zero attached hydrogens (tertiary/aromatic N) is 3. The highest BCUT2D eigenvalue weighted by Crippen LogP contribution is 2.16. The second-order valence-electron chi connectivity index (χ2n) is 4.44. The second-order valence-corrected chi connectivity index (χ2v) is 4.44. The van der Waals surface area contributed by atoms with Gasteiger partial charge in [-0.1, -0.05) is 19.1 Å². The first-order chi connectivity index (χ1) is 9.28. The van der Waals surface area contributed by atoms with Gasteiger partial charge in [0.1, 0.15) is 17.2 Å². The number of hydrogen-bond donors (Lipinski definition) is 0. The van der Waals surface area contributed by atoms with Gasteiger partial charge in [-0.2, -0.15) is 0 Å². The molecule has 19 heavy (non-hydrogen) atoms. The fourth-order valence-corrected chi connectivity index (χ4v) is 2.21. The van der Waals surface area contributed by atoms with E-state index in [1.807, 2.05) is 12.1 Å². The predicted octanol–water partition coefficient (Wildman–Crippen LogP) is 3.18. The van der Waals surface area contributed by atoms with Crippen LogP contribution in [0.3, 0.4) is 0 Å². The van der Waals surface area contributed by atoms with Crippen molar-refractivity contribution < 1.29 is 4.39 Å². The third-order valence-corrected chi connectivity index (χ3v) is 3.15. The SMILES string of the molecule is CCc1nc2cccnc2n1Cc1ccc(F)cc1. The van der Waals surface area contributed by atoms with Crippen molar-refractivity contribution >= 4 is 11.2 Å². The first kappa shape index (κ1) is 11.8. The Hall–Kier alpha value is -2.23. The van der Waals surface area contributed by atoms with Crippen LogP contribution < -0.4 is 0 Å². The van der Waals surface area contributed by atoms with Crippen molar-refractivity contribution in [2.45, 2.75) is 19.9 Å². The summed E-state index contributed by atoms with van der Waals surface area (Å²) in [7, 11) is 0. The highest BCUT2D eigenvalue weighted by atomic mass is 19.1.